The highest BCUT2D eigenvalue weighted by molar-refractivity contribution is 7.17. The van der Waals surface area contributed by atoms with Crippen molar-refractivity contribution in [1.29, 1.82) is 0 Å². The second-order valence-electron chi connectivity index (χ2n) is 5.03. The van der Waals surface area contributed by atoms with Gasteiger partial charge in [-0.3, -0.25) is 10.1 Å². The average molecular weight is 372 g/mol. The highest BCUT2D eigenvalue weighted by Gasteiger charge is 2.12. The third-order valence-corrected chi connectivity index (χ3v) is 4.18. The van der Waals surface area contributed by atoms with Crippen LogP contribution in [-0.4, -0.2) is 24.0 Å². The fraction of sp³-hybridized carbons (Fsp3) is 0.0556. The van der Waals surface area contributed by atoms with Crippen molar-refractivity contribution in [3.63, 3.8) is 0 Å². The van der Waals surface area contributed by atoms with E-state index in [1.54, 1.807) is 30.3 Å². The maximum atomic E-state index is 13.7. The number of carbonyl (C=O) groups is 2. The summed E-state index contributed by atoms with van der Waals surface area (Å²) in [6, 6.07) is 9.51. The molecular weight excluding hydrogens is 359 g/mol. The van der Waals surface area contributed by atoms with Gasteiger partial charge in [0.25, 0.3) is 0 Å². The summed E-state index contributed by atoms with van der Waals surface area (Å²) < 4.78 is 23.8. The van der Waals surface area contributed by atoms with Gasteiger partial charge >= 0.3 is 5.97 Å². The van der Waals surface area contributed by atoms with Crippen molar-refractivity contribution in [1.82, 2.24) is 4.98 Å². The standard InChI is InChI=1S/C18H13FN2O4S/c1-24-17(23)15-10-20-18(26-15)21-16(22)9-7-11-6-8-14(25-11)12-4-2-3-5-13(12)19/h2-10H,1H3,(H,20,21,22). The van der Waals surface area contributed by atoms with Crippen LogP contribution in [0.4, 0.5) is 9.52 Å². The molecule has 0 saturated heterocycles. The van der Waals surface area contributed by atoms with Gasteiger partial charge in [-0.1, -0.05) is 23.5 Å². The molecule has 0 aliphatic carbocycles. The monoisotopic (exact) mass is 372 g/mol. The molecule has 1 N–H and O–H groups in total. The van der Waals surface area contributed by atoms with Gasteiger partial charge in [-0.25, -0.2) is 14.2 Å². The van der Waals surface area contributed by atoms with E-state index in [0.717, 1.165) is 11.3 Å². The van der Waals surface area contributed by atoms with E-state index < -0.39 is 11.9 Å². The number of hydrogen-bond donors (Lipinski definition) is 1. The molecule has 0 aliphatic rings. The van der Waals surface area contributed by atoms with Crippen LogP contribution in [0.2, 0.25) is 0 Å². The van der Waals surface area contributed by atoms with E-state index in [1.807, 2.05) is 0 Å². The first-order valence-electron chi connectivity index (χ1n) is 7.45. The lowest BCUT2D eigenvalue weighted by Crippen LogP contribution is -2.07. The van der Waals surface area contributed by atoms with Crippen LogP contribution in [0, 0.1) is 5.82 Å². The number of aromatic nitrogens is 1. The topological polar surface area (TPSA) is 81.4 Å². The Kier molecular flexibility index (Phi) is 5.23. The Balaban J connectivity index is 1.65. The van der Waals surface area contributed by atoms with Crippen LogP contribution in [0.5, 0.6) is 0 Å². The molecule has 3 rings (SSSR count). The third-order valence-electron chi connectivity index (χ3n) is 3.29. The van der Waals surface area contributed by atoms with Crippen LogP contribution in [0.1, 0.15) is 15.4 Å². The minimum absolute atomic E-state index is 0.270. The highest BCUT2D eigenvalue weighted by Crippen LogP contribution is 2.25. The van der Waals surface area contributed by atoms with Crippen LogP contribution < -0.4 is 5.32 Å². The molecule has 0 spiro atoms. The zero-order chi connectivity index (χ0) is 18.5. The lowest BCUT2D eigenvalue weighted by atomic mass is 10.1. The van der Waals surface area contributed by atoms with E-state index in [0.29, 0.717) is 17.1 Å². The Morgan fingerprint density at radius 1 is 1.27 bits per heavy atom. The quantitative estimate of drug-likeness (QED) is 0.541. The second kappa shape index (κ2) is 7.75. The number of rotatable bonds is 5. The fourth-order valence-electron chi connectivity index (χ4n) is 2.08. The van der Waals surface area contributed by atoms with Gasteiger partial charge in [-0.2, -0.15) is 0 Å². The summed E-state index contributed by atoms with van der Waals surface area (Å²) in [5.41, 5.74) is 0.342. The van der Waals surface area contributed by atoms with Crippen LogP contribution in [0.25, 0.3) is 17.4 Å². The van der Waals surface area contributed by atoms with Gasteiger partial charge in [0.2, 0.25) is 5.91 Å². The molecule has 6 nitrogen and oxygen atoms in total. The number of furan rings is 1. The summed E-state index contributed by atoms with van der Waals surface area (Å²) in [5, 5.41) is 2.80. The van der Waals surface area contributed by atoms with Crippen molar-refractivity contribution in [3.05, 3.63) is 65.1 Å². The van der Waals surface area contributed by atoms with Gasteiger partial charge in [0, 0.05) is 6.08 Å². The maximum absolute atomic E-state index is 13.7. The largest absolute Gasteiger partial charge is 0.465 e. The van der Waals surface area contributed by atoms with E-state index in [4.69, 9.17) is 4.42 Å². The number of esters is 1. The van der Waals surface area contributed by atoms with E-state index in [9.17, 15) is 14.0 Å². The number of halogens is 1. The summed E-state index contributed by atoms with van der Waals surface area (Å²) in [4.78, 5) is 27.5. The van der Waals surface area contributed by atoms with Crippen molar-refractivity contribution >= 4 is 34.4 Å². The second-order valence-corrected chi connectivity index (χ2v) is 6.06. The smallest absolute Gasteiger partial charge is 0.349 e. The van der Waals surface area contributed by atoms with E-state index in [-0.39, 0.29) is 15.8 Å². The molecular formula is C18H13FN2O4S. The van der Waals surface area contributed by atoms with Crippen LogP contribution >= 0.6 is 11.3 Å². The van der Waals surface area contributed by atoms with E-state index in [1.165, 1.54) is 31.5 Å². The molecule has 132 valence electrons. The zero-order valence-electron chi connectivity index (χ0n) is 13.6. The van der Waals surface area contributed by atoms with Crippen molar-refractivity contribution in [2.24, 2.45) is 0 Å². The van der Waals surface area contributed by atoms with Crippen molar-refractivity contribution in [2.45, 2.75) is 0 Å². The number of nitrogens with one attached hydrogen (secondary N) is 1. The molecule has 8 heteroatoms. The SMILES string of the molecule is COC(=O)c1cnc(NC(=O)C=Cc2ccc(-c3ccccc3F)o2)s1. The van der Waals surface area contributed by atoms with Crippen molar-refractivity contribution in [2.75, 3.05) is 12.4 Å². The van der Waals surface area contributed by atoms with E-state index in [2.05, 4.69) is 15.0 Å². The number of ether oxygens (including phenoxy) is 1. The number of amides is 1. The minimum Gasteiger partial charge on any atom is -0.465 e. The first-order valence-corrected chi connectivity index (χ1v) is 8.26. The molecule has 1 aromatic carbocycles. The maximum Gasteiger partial charge on any atom is 0.349 e. The van der Waals surface area contributed by atoms with Gasteiger partial charge < -0.3 is 9.15 Å². The lowest BCUT2D eigenvalue weighted by molar-refractivity contribution is -0.111. The van der Waals surface area contributed by atoms with Gasteiger partial charge in [0.05, 0.1) is 18.9 Å². The number of carbonyl (C=O) groups excluding carboxylic acids is 2. The predicted molar refractivity (Wildman–Crippen MR) is 95.2 cm³/mol. The van der Waals surface area contributed by atoms with Gasteiger partial charge in [0.15, 0.2) is 5.13 Å². The molecule has 2 heterocycles. The first-order chi connectivity index (χ1) is 12.6. The first kappa shape index (κ1) is 17.6. The lowest BCUT2D eigenvalue weighted by Gasteiger charge is -1.98. The Bertz CT molecular complexity index is 977. The predicted octanol–water partition coefficient (Wildman–Crippen LogP) is 3.98. The number of methoxy groups -OCH3 is 1. The molecule has 0 radical (unpaired) electrons. The van der Waals surface area contributed by atoms with Crippen LogP contribution in [0.3, 0.4) is 0 Å². The van der Waals surface area contributed by atoms with E-state index >= 15 is 0 Å². The zero-order valence-corrected chi connectivity index (χ0v) is 14.4. The van der Waals surface area contributed by atoms with Crippen LogP contribution in [0.15, 0.2) is 53.1 Å². The minimum atomic E-state index is -0.519. The number of benzene rings is 1. The molecule has 0 saturated carbocycles. The Morgan fingerprint density at radius 2 is 2.08 bits per heavy atom. The number of anilines is 1. The molecule has 0 aliphatic heterocycles. The summed E-state index contributed by atoms with van der Waals surface area (Å²) in [6.45, 7) is 0. The molecule has 26 heavy (non-hydrogen) atoms. The summed E-state index contributed by atoms with van der Waals surface area (Å²) in [5.74, 6) is -0.590. The van der Waals surface area contributed by atoms with Gasteiger partial charge in [-0.15, -0.1) is 0 Å². The summed E-state index contributed by atoms with van der Waals surface area (Å²) in [6.07, 6.45) is 4.03. The van der Waals surface area contributed by atoms with Crippen LogP contribution in [-0.2, 0) is 9.53 Å². The molecule has 0 bridgehead atoms. The molecule has 0 atom stereocenters. The highest BCUT2D eigenvalue weighted by atomic mass is 32.1. The summed E-state index contributed by atoms with van der Waals surface area (Å²) in [7, 11) is 1.27. The van der Waals surface area contributed by atoms with Crippen molar-refractivity contribution in [3.8, 4) is 11.3 Å². The number of nitrogens with zero attached hydrogens (tertiary/aromatic N) is 1. The van der Waals surface area contributed by atoms with Gasteiger partial charge in [-0.05, 0) is 30.3 Å². The average Bonchev–Trinajstić information content (AvgIpc) is 3.29. The molecule has 2 aromatic heterocycles. The Labute approximate surface area is 151 Å². The molecule has 0 fully saturated rings. The third kappa shape index (κ3) is 4.04. The van der Waals surface area contributed by atoms with Gasteiger partial charge in [0.1, 0.15) is 22.2 Å². The number of hydrogen-bond acceptors (Lipinski definition) is 6. The Hall–Kier alpha value is -3.26. The Morgan fingerprint density at radius 3 is 2.85 bits per heavy atom. The molecule has 3 aromatic rings. The number of thiazole rings is 1. The molecule has 1 amide bonds. The normalized spacial score (nSPS) is 10.8. The fourth-order valence-corrected chi connectivity index (χ4v) is 2.82. The summed E-state index contributed by atoms with van der Waals surface area (Å²) >= 11 is 1.00. The molecule has 0 unspecified atom stereocenters. The van der Waals surface area contributed by atoms with Crippen molar-refractivity contribution < 1.29 is 23.1 Å².